The Morgan fingerprint density at radius 2 is 1.81 bits per heavy atom. The van der Waals surface area contributed by atoms with Crippen molar-refractivity contribution in [3.8, 4) is 0 Å². The fourth-order valence-electron chi connectivity index (χ4n) is 1.40. The van der Waals surface area contributed by atoms with Crippen LogP contribution >= 0.6 is 0 Å². The molecule has 1 aliphatic rings. The number of carboxylic acid groups (broad SMARTS) is 1. The van der Waals surface area contributed by atoms with Gasteiger partial charge >= 0.3 is 12.0 Å². The van der Waals surface area contributed by atoms with E-state index in [1.165, 1.54) is 0 Å². The molecule has 0 radical (unpaired) electrons. The van der Waals surface area contributed by atoms with Gasteiger partial charge in [0.1, 0.15) is 6.04 Å². The second-order valence-electron chi connectivity index (χ2n) is 5.80. The Bertz CT molecular complexity index is 303. The van der Waals surface area contributed by atoms with Crippen LogP contribution in [0.1, 0.15) is 40.5 Å². The molecule has 0 aromatic heterocycles. The summed E-state index contributed by atoms with van der Waals surface area (Å²) in [6, 6.07) is -1.28. The number of urea groups is 1. The first-order valence-corrected chi connectivity index (χ1v) is 5.45. The van der Waals surface area contributed by atoms with Crippen LogP contribution in [0.25, 0.3) is 0 Å². The van der Waals surface area contributed by atoms with E-state index in [1.807, 2.05) is 6.92 Å². The van der Waals surface area contributed by atoms with Gasteiger partial charge < -0.3 is 15.7 Å². The third-order valence-corrected chi connectivity index (χ3v) is 2.80. The van der Waals surface area contributed by atoms with E-state index in [2.05, 4.69) is 10.6 Å². The maximum atomic E-state index is 11.6. The van der Waals surface area contributed by atoms with Crippen LogP contribution in [0.2, 0.25) is 0 Å². The van der Waals surface area contributed by atoms with E-state index < -0.39 is 23.5 Å². The predicted octanol–water partition coefficient (Wildman–Crippen LogP) is 1.34. The number of rotatable bonds is 3. The molecular formula is C11H20N2O3. The van der Waals surface area contributed by atoms with Gasteiger partial charge in [-0.25, -0.2) is 9.59 Å². The summed E-state index contributed by atoms with van der Waals surface area (Å²) in [6.45, 7) is 7.29. The quantitative estimate of drug-likeness (QED) is 0.682. The molecule has 1 fully saturated rings. The molecule has 1 atom stereocenters. The van der Waals surface area contributed by atoms with E-state index in [0.717, 1.165) is 12.8 Å². The molecule has 3 N–H and O–H groups in total. The molecule has 0 aromatic carbocycles. The molecule has 5 heteroatoms. The monoisotopic (exact) mass is 228 g/mol. The van der Waals surface area contributed by atoms with Gasteiger partial charge in [0, 0.05) is 5.54 Å². The van der Waals surface area contributed by atoms with Gasteiger partial charge in [0.25, 0.3) is 0 Å². The Balaban J connectivity index is 2.55. The Kier molecular flexibility index (Phi) is 3.17. The van der Waals surface area contributed by atoms with Crippen molar-refractivity contribution in [1.29, 1.82) is 0 Å². The minimum Gasteiger partial charge on any atom is -0.480 e. The molecule has 92 valence electrons. The molecule has 1 aliphatic carbocycles. The highest BCUT2D eigenvalue weighted by Gasteiger charge is 2.40. The molecule has 2 amide bonds. The normalized spacial score (nSPS) is 19.8. The minimum absolute atomic E-state index is 0.134. The average molecular weight is 228 g/mol. The highest BCUT2D eigenvalue weighted by atomic mass is 16.4. The minimum atomic E-state index is -1.01. The molecule has 1 saturated carbocycles. The maximum Gasteiger partial charge on any atom is 0.326 e. The first kappa shape index (κ1) is 12.8. The predicted molar refractivity (Wildman–Crippen MR) is 60.2 cm³/mol. The highest BCUT2D eigenvalue weighted by molar-refractivity contribution is 5.83. The number of aliphatic carboxylic acids is 1. The zero-order valence-electron chi connectivity index (χ0n) is 10.3. The SMILES string of the molecule is CC1(NC(=O)N[C@H](C(=O)O)C(C)(C)C)CC1. The Morgan fingerprint density at radius 3 is 2.12 bits per heavy atom. The van der Waals surface area contributed by atoms with E-state index >= 15 is 0 Å². The summed E-state index contributed by atoms with van der Waals surface area (Å²) in [7, 11) is 0. The summed E-state index contributed by atoms with van der Waals surface area (Å²) in [5, 5.41) is 14.3. The van der Waals surface area contributed by atoms with Crippen molar-refractivity contribution in [2.45, 2.75) is 52.1 Å². The number of carbonyl (C=O) groups is 2. The third-order valence-electron chi connectivity index (χ3n) is 2.80. The molecule has 16 heavy (non-hydrogen) atoms. The number of carboxylic acids is 1. The van der Waals surface area contributed by atoms with Crippen LogP contribution < -0.4 is 10.6 Å². The molecule has 1 rings (SSSR count). The Hall–Kier alpha value is -1.26. The van der Waals surface area contributed by atoms with Crippen LogP contribution in [0.15, 0.2) is 0 Å². The second-order valence-corrected chi connectivity index (χ2v) is 5.80. The lowest BCUT2D eigenvalue weighted by Crippen LogP contribution is -2.54. The molecular weight excluding hydrogens is 208 g/mol. The summed E-state index contributed by atoms with van der Waals surface area (Å²) in [6.07, 6.45) is 1.90. The van der Waals surface area contributed by atoms with E-state index in [9.17, 15) is 9.59 Å². The van der Waals surface area contributed by atoms with Crippen LogP contribution in [0.4, 0.5) is 4.79 Å². The van der Waals surface area contributed by atoms with Gasteiger partial charge in [-0.05, 0) is 25.2 Å². The van der Waals surface area contributed by atoms with Crippen molar-refractivity contribution in [2.75, 3.05) is 0 Å². The first-order valence-electron chi connectivity index (χ1n) is 5.45. The number of nitrogens with one attached hydrogen (secondary N) is 2. The van der Waals surface area contributed by atoms with E-state index in [4.69, 9.17) is 5.11 Å². The van der Waals surface area contributed by atoms with Gasteiger partial charge in [0.05, 0.1) is 0 Å². The molecule has 0 spiro atoms. The van der Waals surface area contributed by atoms with Gasteiger partial charge in [-0.3, -0.25) is 0 Å². The standard InChI is InChI=1S/C11H20N2O3/c1-10(2,3)7(8(14)15)12-9(16)13-11(4)5-6-11/h7H,5-6H2,1-4H3,(H,14,15)(H2,12,13,16)/t7-/m1/s1. The maximum absolute atomic E-state index is 11.6. The van der Waals surface area contributed by atoms with Crippen LogP contribution in [-0.2, 0) is 4.79 Å². The molecule has 0 unspecified atom stereocenters. The van der Waals surface area contributed by atoms with E-state index in [-0.39, 0.29) is 5.54 Å². The highest BCUT2D eigenvalue weighted by Crippen LogP contribution is 2.34. The summed E-state index contributed by atoms with van der Waals surface area (Å²) in [4.78, 5) is 22.6. The summed E-state index contributed by atoms with van der Waals surface area (Å²) in [5.41, 5.74) is -0.640. The average Bonchev–Trinajstić information content (AvgIpc) is 2.76. The number of hydrogen-bond acceptors (Lipinski definition) is 2. The van der Waals surface area contributed by atoms with Gasteiger partial charge in [0.2, 0.25) is 0 Å². The van der Waals surface area contributed by atoms with Crippen molar-refractivity contribution in [1.82, 2.24) is 10.6 Å². The fourth-order valence-corrected chi connectivity index (χ4v) is 1.40. The summed E-state index contributed by atoms with van der Waals surface area (Å²) < 4.78 is 0. The molecule has 0 heterocycles. The third kappa shape index (κ3) is 3.40. The molecule has 0 bridgehead atoms. The zero-order valence-corrected chi connectivity index (χ0v) is 10.3. The fraction of sp³-hybridized carbons (Fsp3) is 0.818. The lowest BCUT2D eigenvalue weighted by atomic mass is 9.87. The molecule has 0 aliphatic heterocycles. The number of amides is 2. The zero-order chi connectivity index (χ0) is 12.6. The van der Waals surface area contributed by atoms with Crippen LogP contribution in [0.3, 0.4) is 0 Å². The molecule has 5 nitrogen and oxygen atoms in total. The van der Waals surface area contributed by atoms with Crippen LogP contribution in [-0.4, -0.2) is 28.7 Å². The summed E-state index contributed by atoms with van der Waals surface area (Å²) in [5.74, 6) is -1.01. The Morgan fingerprint density at radius 1 is 1.31 bits per heavy atom. The van der Waals surface area contributed by atoms with Crippen LogP contribution in [0, 0.1) is 5.41 Å². The van der Waals surface area contributed by atoms with Crippen molar-refractivity contribution in [3.63, 3.8) is 0 Å². The smallest absolute Gasteiger partial charge is 0.326 e. The van der Waals surface area contributed by atoms with Gasteiger partial charge in [-0.2, -0.15) is 0 Å². The van der Waals surface area contributed by atoms with E-state index in [1.54, 1.807) is 20.8 Å². The van der Waals surface area contributed by atoms with Crippen molar-refractivity contribution in [3.05, 3.63) is 0 Å². The second kappa shape index (κ2) is 3.96. The van der Waals surface area contributed by atoms with Crippen LogP contribution in [0.5, 0.6) is 0 Å². The van der Waals surface area contributed by atoms with Gasteiger partial charge in [-0.1, -0.05) is 20.8 Å². The van der Waals surface area contributed by atoms with Gasteiger partial charge in [0.15, 0.2) is 0 Å². The number of hydrogen-bond donors (Lipinski definition) is 3. The molecule has 0 aromatic rings. The van der Waals surface area contributed by atoms with Gasteiger partial charge in [-0.15, -0.1) is 0 Å². The van der Waals surface area contributed by atoms with Crippen molar-refractivity contribution < 1.29 is 14.7 Å². The van der Waals surface area contributed by atoms with E-state index in [0.29, 0.717) is 0 Å². The first-order chi connectivity index (χ1) is 7.14. The lowest BCUT2D eigenvalue weighted by Gasteiger charge is -2.28. The summed E-state index contributed by atoms with van der Waals surface area (Å²) >= 11 is 0. The largest absolute Gasteiger partial charge is 0.480 e. The van der Waals surface area contributed by atoms with Crippen molar-refractivity contribution >= 4 is 12.0 Å². The Labute approximate surface area is 95.6 Å². The number of carbonyl (C=O) groups excluding carboxylic acids is 1. The lowest BCUT2D eigenvalue weighted by molar-refractivity contribution is -0.141. The molecule has 0 saturated heterocycles. The van der Waals surface area contributed by atoms with Crippen molar-refractivity contribution in [2.24, 2.45) is 5.41 Å². The topological polar surface area (TPSA) is 78.4 Å².